The lowest BCUT2D eigenvalue weighted by atomic mass is 9.67. The normalized spacial score (nSPS) is 13.2. The molecule has 1 nitrogen and oxygen atoms in total. The van der Waals surface area contributed by atoms with Crippen LogP contribution in [0.4, 0.5) is 0 Å². The van der Waals surface area contributed by atoms with Gasteiger partial charge in [-0.25, -0.2) is 0 Å². The van der Waals surface area contributed by atoms with Crippen LogP contribution in [0.2, 0.25) is 0 Å². The summed E-state index contributed by atoms with van der Waals surface area (Å²) in [5, 5.41) is 9.80. The summed E-state index contributed by atoms with van der Waals surface area (Å²) >= 11 is 0. The highest BCUT2D eigenvalue weighted by Gasteiger charge is 2.46. The minimum absolute atomic E-state index is 0.506. The zero-order chi connectivity index (χ0) is 24.7. The highest BCUT2D eigenvalue weighted by Crippen LogP contribution is 2.56. The van der Waals surface area contributed by atoms with Gasteiger partial charge >= 0.3 is 0 Å². The summed E-state index contributed by atoms with van der Waals surface area (Å²) in [5.74, 6) is 0.506. The van der Waals surface area contributed by atoms with Crippen molar-refractivity contribution in [1.29, 1.82) is 5.26 Å². The van der Waals surface area contributed by atoms with Gasteiger partial charge in [0.05, 0.1) is 17.0 Å². The van der Waals surface area contributed by atoms with E-state index in [4.69, 9.17) is 0 Å². The van der Waals surface area contributed by atoms with Crippen LogP contribution in [0.25, 0.3) is 22.3 Å². The summed E-state index contributed by atoms with van der Waals surface area (Å²) in [6.07, 6.45) is 0. The van der Waals surface area contributed by atoms with Crippen molar-refractivity contribution in [2.24, 2.45) is 0 Å². The Hall–Kier alpha value is -4.41. The Morgan fingerprint density at radius 3 is 1.67 bits per heavy atom. The van der Waals surface area contributed by atoms with Gasteiger partial charge in [0, 0.05) is 0 Å². The van der Waals surface area contributed by atoms with Crippen molar-refractivity contribution in [3.63, 3.8) is 0 Å². The summed E-state index contributed by atoms with van der Waals surface area (Å²) in [6, 6.07) is 45.8. The average Bonchev–Trinajstić information content (AvgIpc) is 3.23. The second-order valence-electron chi connectivity index (χ2n) is 9.89. The molecule has 0 fully saturated rings. The number of hydrogen-bond donors (Lipinski definition) is 0. The van der Waals surface area contributed by atoms with Crippen LogP contribution in [0.3, 0.4) is 0 Å². The number of nitrogens with zero attached hydrogens (tertiary/aromatic N) is 1. The quantitative estimate of drug-likeness (QED) is 0.257. The third kappa shape index (κ3) is 3.30. The maximum Gasteiger partial charge on any atom is 0.0991 e. The first-order valence-electron chi connectivity index (χ1n) is 12.5. The molecule has 1 aliphatic rings. The molecule has 0 atom stereocenters. The molecule has 0 unspecified atom stereocenters. The third-order valence-corrected chi connectivity index (χ3v) is 7.59. The molecule has 0 saturated heterocycles. The zero-order valence-electron chi connectivity index (χ0n) is 20.6. The van der Waals surface area contributed by atoms with Crippen LogP contribution in [0.5, 0.6) is 0 Å². The fraction of sp³-hybridized carbons (Fsp3) is 0.114. The molecule has 0 heterocycles. The first kappa shape index (κ1) is 22.1. The summed E-state index contributed by atoms with van der Waals surface area (Å²) in [7, 11) is 0. The SMILES string of the molecule is CC(C)c1ccc(-c2ccc3c(c2)C(c2ccccc2)(c2ccccc2)c2cc(C#N)ccc2-3)cc1. The molecule has 172 valence electrons. The average molecular weight is 462 g/mol. The van der Waals surface area contributed by atoms with Gasteiger partial charge in [0.1, 0.15) is 0 Å². The van der Waals surface area contributed by atoms with Gasteiger partial charge in [0.15, 0.2) is 0 Å². The molecule has 0 aliphatic heterocycles. The van der Waals surface area contributed by atoms with E-state index in [0.29, 0.717) is 11.5 Å². The molecule has 0 radical (unpaired) electrons. The molecular weight excluding hydrogens is 434 g/mol. The summed E-state index contributed by atoms with van der Waals surface area (Å²) in [6.45, 7) is 4.45. The lowest BCUT2D eigenvalue weighted by Crippen LogP contribution is -2.28. The molecule has 0 aromatic heterocycles. The van der Waals surface area contributed by atoms with Gasteiger partial charge in [0.25, 0.3) is 0 Å². The topological polar surface area (TPSA) is 23.8 Å². The number of benzene rings is 5. The Morgan fingerprint density at radius 2 is 1.11 bits per heavy atom. The molecule has 0 amide bonds. The highest BCUT2D eigenvalue weighted by atomic mass is 14.5. The Balaban J connectivity index is 1.68. The second-order valence-corrected chi connectivity index (χ2v) is 9.89. The van der Waals surface area contributed by atoms with Crippen LogP contribution in [0.1, 0.15) is 53.1 Å². The molecule has 0 bridgehead atoms. The summed E-state index contributed by atoms with van der Waals surface area (Å²) in [4.78, 5) is 0. The van der Waals surface area contributed by atoms with Gasteiger partial charge < -0.3 is 0 Å². The van der Waals surface area contributed by atoms with Crippen molar-refractivity contribution in [2.75, 3.05) is 0 Å². The highest BCUT2D eigenvalue weighted by molar-refractivity contribution is 5.88. The summed E-state index contributed by atoms with van der Waals surface area (Å²) in [5.41, 5.74) is 11.2. The second kappa shape index (κ2) is 8.67. The number of hydrogen-bond acceptors (Lipinski definition) is 1. The molecule has 0 saturated carbocycles. The Kier molecular flexibility index (Phi) is 5.32. The molecule has 6 rings (SSSR count). The van der Waals surface area contributed by atoms with Crippen LogP contribution in [0, 0.1) is 11.3 Å². The molecule has 5 aromatic carbocycles. The van der Waals surface area contributed by atoms with Crippen molar-refractivity contribution in [3.8, 4) is 28.3 Å². The van der Waals surface area contributed by atoms with E-state index in [-0.39, 0.29) is 0 Å². The van der Waals surface area contributed by atoms with E-state index in [0.717, 1.165) is 0 Å². The minimum Gasteiger partial charge on any atom is -0.192 e. The molecule has 5 aromatic rings. The van der Waals surface area contributed by atoms with Gasteiger partial charge in [-0.15, -0.1) is 0 Å². The molecular formula is C35H27N. The van der Waals surface area contributed by atoms with Crippen LogP contribution < -0.4 is 0 Å². The van der Waals surface area contributed by atoms with Gasteiger partial charge in [-0.3, -0.25) is 0 Å². The van der Waals surface area contributed by atoms with E-state index in [1.54, 1.807) is 0 Å². The minimum atomic E-state index is -0.506. The lowest BCUT2D eigenvalue weighted by Gasteiger charge is -2.34. The Bertz CT molecular complexity index is 1550. The fourth-order valence-electron chi connectivity index (χ4n) is 5.80. The zero-order valence-corrected chi connectivity index (χ0v) is 20.6. The van der Waals surface area contributed by atoms with Gasteiger partial charge in [-0.1, -0.05) is 117 Å². The fourth-order valence-corrected chi connectivity index (χ4v) is 5.80. The maximum absolute atomic E-state index is 9.80. The molecule has 1 heteroatoms. The monoisotopic (exact) mass is 461 g/mol. The Labute approximate surface area is 213 Å². The van der Waals surface area contributed by atoms with Crippen molar-refractivity contribution < 1.29 is 0 Å². The molecule has 0 N–H and O–H groups in total. The van der Waals surface area contributed by atoms with E-state index in [1.165, 1.54) is 50.1 Å². The smallest absolute Gasteiger partial charge is 0.0991 e. The lowest BCUT2D eigenvalue weighted by molar-refractivity contribution is 0.768. The van der Waals surface area contributed by atoms with Crippen molar-refractivity contribution in [3.05, 3.63) is 155 Å². The first-order chi connectivity index (χ1) is 17.6. The number of rotatable bonds is 4. The van der Waals surface area contributed by atoms with Crippen LogP contribution in [-0.4, -0.2) is 0 Å². The molecule has 0 spiro atoms. The van der Waals surface area contributed by atoms with Gasteiger partial charge in [-0.05, 0) is 74.2 Å². The molecule has 36 heavy (non-hydrogen) atoms. The van der Waals surface area contributed by atoms with Crippen LogP contribution in [-0.2, 0) is 5.41 Å². The van der Waals surface area contributed by atoms with E-state index in [2.05, 4.69) is 135 Å². The van der Waals surface area contributed by atoms with Crippen molar-refractivity contribution in [1.82, 2.24) is 0 Å². The largest absolute Gasteiger partial charge is 0.192 e. The third-order valence-electron chi connectivity index (χ3n) is 7.59. The summed E-state index contributed by atoms with van der Waals surface area (Å²) < 4.78 is 0. The predicted molar refractivity (Wildman–Crippen MR) is 148 cm³/mol. The number of nitriles is 1. The predicted octanol–water partition coefficient (Wildman–Crippen LogP) is 8.71. The Morgan fingerprint density at radius 1 is 0.583 bits per heavy atom. The first-order valence-corrected chi connectivity index (χ1v) is 12.5. The number of fused-ring (bicyclic) bond motifs is 3. The van der Waals surface area contributed by atoms with Crippen molar-refractivity contribution in [2.45, 2.75) is 25.2 Å². The van der Waals surface area contributed by atoms with Crippen LogP contribution >= 0.6 is 0 Å². The van der Waals surface area contributed by atoms with Crippen LogP contribution in [0.15, 0.2) is 121 Å². The van der Waals surface area contributed by atoms with Gasteiger partial charge in [0.2, 0.25) is 0 Å². The van der Waals surface area contributed by atoms with Crippen molar-refractivity contribution >= 4 is 0 Å². The van der Waals surface area contributed by atoms with E-state index < -0.39 is 5.41 Å². The van der Waals surface area contributed by atoms with E-state index >= 15 is 0 Å². The molecule has 1 aliphatic carbocycles. The van der Waals surface area contributed by atoms with E-state index in [1.807, 2.05) is 6.07 Å². The maximum atomic E-state index is 9.80. The van der Waals surface area contributed by atoms with E-state index in [9.17, 15) is 5.26 Å². The van der Waals surface area contributed by atoms with Gasteiger partial charge in [-0.2, -0.15) is 5.26 Å². The standard InChI is InChI=1S/C35H27N/c1-24(2)26-14-16-27(17-15-26)28-18-20-32-31-19-13-25(23-36)21-33(31)35(34(32)22-28,29-9-5-3-6-10-29)30-11-7-4-8-12-30/h3-22,24H,1-2H3.